The number of fused-ring (bicyclic) bond motifs is 1. The Morgan fingerprint density at radius 1 is 1.47 bits per heavy atom. The summed E-state index contributed by atoms with van der Waals surface area (Å²) in [6.45, 7) is 0.456. The zero-order valence-electron chi connectivity index (χ0n) is 7.67. The third-order valence-electron chi connectivity index (χ3n) is 2.33. The van der Waals surface area contributed by atoms with Crippen molar-refractivity contribution in [1.29, 1.82) is 0 Å². The number of carbonyl (C=O) groups is 1. The van der Waals surface area contributed by atoms with E-state index in [1.807, 2.05) is 0 Å². The second-order valence-corrected chi connectivity index (χ2v) is 3.30. The number of alkyl halides is 2. The number of carboxylic acids is 1. The summed E-state index contributed by atoms with van der Waals surface area (Å²) in [5.41, 5.74) is 0.288. The molecule has 0 radical (unpaired) electrons. The van der Waals surface area contributed by atoms with Gasteiger partial charge in [0.05, 0.1) is 6.61 Å². The third kappa shape index (κ3) is 1.54. The molecule has 1 aromatic carbocycles. The maximum Gasteiger partial charge on any atom is 0.379 e. The molecule has 0 saturated heterocycles. The third-order valence-corrected chi connectivity index (χ3v) is 2.33. The first-order valence-electron chi connectivity index (χ1n) is 4.39. The van der Waals surface area contributed by atoms with Gasteiger partial charge in [0.15, 0.2) is 0 Å². The van der Waals surface area contributed by atoms with Gasteiger partial charge in [-0.15, -0.1) is 0 Å². The summed E-state index contributed by atoms with van der Waals surface area (Å²) in [6, 6.07) is 3.70. The van der Waals surface area contributed by atoms with E-state index >= 15 is 0 Å². The Kier molecular flexibility index (Phi) is 2.10. The van der Waals surface area contributed by atoms with Crippen LogP contribution in [0.5, 0.6) is 5.75 Å². The molecular weight excluding hydrogens is 206 g/mol. The average Bonchev–Trinajstić information content (AvgIpc) is 2.63. The Bertz CT molecular complexity index is 415. The molecule has 15 heavy (non-hydrogen) atoms. The molecule has 1 aliphatic heterocycles. The van der Waals surface area contributed by atoms with Gasteiger partial charge in [-0.05, 0) is 11.6 Å². The Labute approximate surface area is 84.3 Å². The van der Waals surface area contributed by atoms with Crippen LogP contribution in [0.1, 0.15) is 11.1 Å². The molecule has 0 amide bonds. The number of aliphatic carboxylic acids is 1. The second kappa shape index (κ2) is 3.18. The maximum atomic E-state index is 13.1. The van der Waals surface area contributed by atoms with Gasteiger partial charge in [-0.2, -0.15) is 8.78 Å². The lowest BCUT2D eigenvalue weighted by Crippen LogP contribution is -2.25. The zero-order valence-corrected chi connectivity index (χ0v) is 7.67. The maximum absolute atomic E-state index is 13.1. The molecule has 0 atom stereocenters. The Morgan fingerprint density at radius 3 is 2.87 bits per heavy atom. The van der Waals surface area contributed by atoms with Crippen molar-refractivity contribution in [2.24, 2.45) is 0 Å². The van der Waals surface area contributed by atoms with Crippen LogP contribution in [0.25, 0.3) is 0 Å². The molecule has 1 N–H and O–H groups in total. The molecule has 1 heterocycles. The fourth-order valence-electron chi connectivity index (χ4n) is 1.49. The van der Waals surface area contributed by atoms with Crippen LogP contribution in [0.2, 0.25) is 0 Å². The van der Waals surface area contributed by atoms with E-state index < -0.39 is 17.5 Å². The molecule has 0 fully saturated rings. The van der Waals surface area contributed by atoms with Gasteiger partial charge in [0.1, 0.15) is 5.75 Å². The first-order valence-corrected chi connectivity index (χ1v) is 4.39. The molecular formula is C10H8F2O3. The number of rotatable bonds is 2. The van der Waals surface area contributed by atoms with Gasteiger partial charge in [0.2, 0.25) is 0 Å². The minimum absolute atomic E-state index is 0.355. The van der Waals surface area contributed by atoms with Gasteiger partial charge >= 0.3 is 11.9 Å². The minimum Gasteiger partial charge on any atom is -0.493 e. The number of carboxylic acid groups (broad SMARTS) is 1. The minimum atomic E-state index is -3.86. The van der Waals surface area contributed by atoms with Crippen molar-refractivity contribution >= 4 is 5.97 Å². The van der Waals surface area contributed by atoms with Crippen molar-refractivity contribution in [3.8, 4) is 5.75 Å². The predicted molar refractivity (Wildman–Crippen MR) is 47.2 cm³/mol. The van der Waals surface area contributed by atoms with Gasteiger partial charge in [-0.25, -0.2) is 4.79 Å². The van der Waals surface area contributed by atoms with E-state index in [0.717, 1.165) is 17.7 Å². The monoisotopic (exact) mass is 214 g/mol. The summed E-state index contributed by atoms with van der Waals surface area (Å²) in [6.07, 6.45) is 0.675. The highest BCUT2D eigenvalue weighted by Crippen LogP contribution is 2.34. The summed E-state index contributed by atoms with van der Waals surface area (Å²) in [4.78, 5) is 10.3. The SMILES string of the molecule is O=C(O)C(F)(F)c1ccc2c(c1)OCC2. The van der Waals surface area contributed by atoms with E-state index in [1.54, 1.807) is 0 Å². The molecule has 0 saturated carbocycles. The normalized spacial score (nSPS) is 14.5. The van der Waals surface area contributed by atoms with Gasteiger partial charge in [-0.3, -0.25) is 0 Å². The summed E-state index contributed by atoms with van der Waals surface area (Å²) >= 11 is 0. The van der Waals surface area contributed by atoms with E-state index in [2.05, 4.69) is 0 Å². The van der Waals surface area contributed by atoms with Crippen LogP contribution in [0, 0.1) is 0 Å². The number of benzene rings is 1. The molecule has 2 rings (SSSR count). The largest absolute Gasteiger partial charge is 0.493 e. The van der Waals surface area contributed by atoms with Gasteiger partial charge < -0.3 is 9.84 Å². The Morgan fingerprint density at radius 2 is 2.20 bits per heavy atom. The molecule has 0 bridgehead atoms. The Balaban J connectivity index is 2.42. The summed E-state index contributed by atoms with van der Waals surface area (Å²) < 4.78 is 31.3. The molecule has 3 nitrogen and oxygen atoms in total. The van der Waals surface area contributed by atoms with Crippen molar-refractivity contribution in [1.82, 2.24) is 0 Å². The molecule has 1 aromatic rings. The Hall–Kier alpha value is -1.65. The summed E-state index contributed by atoms with van der Waals surface area (Å²) in [5, 5.41) is 8.35. The predicted octanol–water partition coefficient (Wildman–Crippen LogP) is 1.80. The lowest BCUT2D eigenvalue weighted by molar-refractivity contribution is -0.166. The second-order valence-electron chi connectivity index (χ2n) is 3.30. The fourth-order valence-corrected chi connectivity index (χ4v) is 1.49. The van der Waals surface area contributed by atoms with E-state index in [9.17, 15) is 13.6 Å². The van der Waals surface area contributed by atoms with Crippen molar-refractivity contribution in [3.63, 3.8) is 0 Å². The van der Waals surface area contributed by atoms with Crippen molar-refractivity contribution in [2.75, 3.05) is 6.61 Å². The van der Waals surface area contributed by atoms with Crippen LogP contribution in [0.3, 0.4) is 0 Å². The smallest absolute Gasteiger partial charge is 0.379 e. The number of hydrogen-bond donors (Lipinski definition) is 1. The van der Waals surface area contributed by atoms with Crippen LogP contribution in [-0.2, 0) is 17.1 Å². The lowest BCUT2D eigenvalue weighted by Gasteiger charge is -2.12. The number of halogens is 2. The summed E-state index contributed by atoms with van der Waals surface area (Å²) in [5.74, 6) is -5.66. The van der Waals surface area contributed by atoms with Crippen LogP contribution in [-0.4, -0.2) is 17.7 Å². The highest BCUT2D eigenvalue weighted by molar-refractivity contribution is 5.77. The van der Waals surface area contributed by atoms with E-state index in [4.69, 9.17) is 9.84 Å². The molecule has 1 aliphatic rings. The first kappa shape index (κ1) is 9.89. The fraction of sp³-hybridized carbons (Fsp3) is 0.300. The van der Waals surface area contributed by atoms with Gasteiger partial charge in [0.25, 0.3) is 0 Å². The van der Waals surface area contributed by atoms with Crippen LogP contribution in [0.15, 0.2) is 18.2 Å². The van der Waals surface area contributed by atoms with Gasteiger partial charge in [-0.1, -0.05) is 12.1 Å². The van der Waals surface area contributed by atoms with E-state index in [1.165, 1.54) is 6.07 Å². The zero-order chi connectivity index (χ0) is 11.1. The lowest BCUT2D eigenvalue weighted by atomic mass is 10.0. The molecule has 0 unspecified atom stereocenters. The van der Waals surface area contributed by atoms with Gasteiger partial charge in [0, 0.05) is 12.0 Å². The van der Waals surface area contributed by atoms with Crippen molar-refractivity contribution in [3.05, 3.63) is 29.3 Å². The average molecular weight is 214 g/mol. The van der Waals surface area contributed by atoms with Crippen molar-refractivity contribution < 1.29 is 23.4 Å². The highest BCUT2D eigenvalue weighted by Gasteiger charge is 2.41. The van der Waals surface area contributed by atoms with Crippen LogP contribution < -0.4 is 4.74 Å². The number of hydrogen-bond acceptors (Lipinski definition) is 2. The highest BCUT2D eigenvalue weighted by atomic mass is 19.3. The van der Waals surface area contributed by atoms with E-state index in [0.29, 0.717) is 18.8 Å². The van der Waals surface area contributed by atoms with Crippen LogP contribution >= 0.6 is 0 Å². The first-order chi connectivity index (χ1) is 7.01. The number of ether oxygens (including phenoxy) is 1. The quantitative estimate of drug-likeness (QED) is 0.816. The molecule has 5 heteroatoms. The van der Waals surface area contributed by atoms with Crippen molar-refractivity contribution in [2.45, 2.75) is 12.3 Å². The molecule has 80 valence electrons. The topological polar surface area (TPSA) is 46.5 Å². The summed E-state index contributed by atoms with van der Waals surface area (Å²) in [7, 11) is 0. The molecule has 0 aliphatic carbocycles. The molecule has 0 aromatic heterocycles. The molecule has 0 spiro atoms. The standard InChI is InChI=1S/C10H8F2O3/c11-10(12,9(13)14)7-2-1-6-3-4-15-8(6)5-7/h1-2,5H,3-4H2,(H,13,14). The van der Waals surface area contributed by atoms with Crippen LogP contribution in [0.4, 0.5) is 8.78 Å². The van der Waals surface area contributed by atoms with E-state index in [-0.39, 0.29) is 0 Å².